The number of methoxy groups -OCH3 is 1. The van der Waals surface area contributed by atoms with Crippen molar-refractivity contribution >= 4 is 46.6 Å². The number of hydrogen-bond donors (Lipinski definition) is 0. The first-order valence-corrected chi connectivity index (χ1v) is 7.42. The highest BCUT2D eigenvalue weighted by molar-refractivity contribution is 6.77. The fourth-order valence-corrected chi connectivity index (χ4v) is 2.02. The van der Waals surface area contributed by atoms with Gasteiger partial charge in [0.2, 0.25) is 5.78 Å². The molecule has 0 aromatic carbocycles. The number of hydrogen-bond acceptors (Lipinski definition) is 4. The number of halogens is 3. The lowest BCUT2D eigenvalue weighted by atomic mass is 10.2. The number of Topliss-reactive ketones (excluding diaryl/α,β-unsaturated/α-hetero) is 1. The van der Waals surface area contributed by atoms with Crippen LogP contribution in [0.25, 0.3) is 0 Å². The summed E-state index contributed by atoms with van der Waals surface area (Å²) in [5, 5.41) is 0. The molecule has 0 atom stereocenters. The van der Waals surface area contributed by atoms with Crippen LogP contribution >= 0.6 is 34.8 Å². The van der Waals surface area contributed by atoms with Crippen molar-refractivity contribution in [2.24, 2.45) is 0 Å². The molecule has 8 heteroatoms. The van der Waals surface area contributed by atoms with Gasteiger partial charge in [0.1, 0.15) is 5.69 Å². The van der Waals surface area contributed by atoms with Gasteiger partial charge in [-0.25, -0.2) is 4.79 Å². The van der Waals surface area contributed by atoms with E-state index in [1.54, 1.807) is 4.57 Å². The number of ketones is 1. The molecule has 0 saturated heterocycles. The van der Waals surface area contributed by atoms with E-state index >= 15 is 0 Å². The lowest BCUT2D eigenvalue weighted by Crippen LogP contribution is -2.24. The van der Waals surface area contributed by atoms with Crippen molar-refractivity contribution in [1.29, 1.82) is 0 Å². The van der Waals surface area contributed by atoms with Crippen molar-refractivity contribution in [3.8, 4) is 0 Å². The zero-order valence-electron chi connectivity index (χ0n) is 12.0. The van der Waals surface area contributed by atoms with Crippen molar-refractivity contribution in [2.75, 3.05) is 27.2 Å². The van der Waals surface area contributed by atoms with Gasteiger partial charge in [-0.2, -0.15) is 0 Å². The molecule has 1 aromatic rings. The highest BCUT2D eigenvalue weighted by atomic mass is 35.6. The Morgan fingerprint density at radius 3 is 2.48 bits per heavy atom. The number of aromatic nitrogens is 1. The quantitative estimate of drug-likeness (QED) is 0.447. The average molecular weight is 356 g/mol. The Morgan fingerprint density at radius 2 is 2.00 bits per heavy atom. The standard InChI is InChI=1S/C13H17Cl3N2O3/c1-4-17(2)5-6-18-8-9(11(19)13(14,15)16)7-10(18)12(20)21-3/h7-8H,4-6H2,1-3H3. The molecule has 0 bridgehead atoms. The summed E-state index contributed by atoms with van der Waals surface area (Å²) in [6.07, 6.45) is 1.50. The molecule has 0 amide bonds. The Labute approximate surface area is 138 Å². The highest BCUT2D eigenvalue weighted by Gasteiger charge is 2.33. The average Bonchev–Trinajstić information content (AvgIpc) is 2.85. The number of rotatable bonds is 6. The van der Waals surface area contributed by atoms with Crippen molar-refractivity contribution in [3.05, 3.63) is 23.5 Å². The van der Waals surface area contributed by atoms with E-state index in [9.17, 15) is 9.59 Å². The van der Waals surface area contributed by atoms with E-state index in [1.807, 2.05) is 14.0 Å². The minimum Gasteiger partial charge on any atom is -0.464 e. The Morgan fingerprint density at radius 1 is 1.38 bits per heavy atom. The maximum absolute atomic E-state index is 12.0. The van der Waals surface area contributed by atoms with Crippen LogP contribution in [-0.4, -0.2) is 52.3 Å². The number of carbonyl (C=O) groups excluding carboxylic acids is 2. The summed E-state index contributed by atoms with van der Waals surface area (Å²) in [6, 6.07) is 1.38. The molecule has 0 saturated carbocycles. The number of alkyl halides is 3. The van der Waals surface area contributed by atoms with Gasteiger partial charge in [0.25, 0.3) is 3.79 Å². The SMILES string of the molecule is CCN(C)CCn1cc(C(=O)C(Cl)(Cl)Cl)cc1C(=O)OC. The van der Waals surface area contributed by atoms with E-state index in [0.29, 0.717) is 13.1 Å². The predicted octanol–water partition coefficient (Wildman–Crippen LogP) is 2.78. The number of likely N-dealkylation sites (N-methyl/N-ethyl adjacent to an activating group) is 1. The molecule has 0 radical (unpaired) electrons. The third-order valence-corrected chi connectivity index (χ3v) is 3.59. The third kappa shape index (κ3) is 4.88. The molecule has 0 spiro atoms. The Hall–Kier alpha value is -0.750. The van der Waals surface area contributed by atoms with Gasteiger partial charge in [-0.05, 0) is 19.7 Å². The first-order valence-electron chi connectivity index (χ1n) is 6.29. The molecule has 0 aliphatic heterocycles. The molecule has 118 valence electrons. The molecular formula is C13H17Cl3N2O3. The normalized spacial score (nSPS) is 11.8. The second-order valence-corrected chi connectivity index (χ2v) is 6.80. The maximum atomic E-state index is 12.0. The zero-order chi connectivity index (χ0) is 16.2. The number of carbonyl (C=O) groups is 2. The summed E-state index contributed by atoms with van der Waals surface area (Å²) in [6.45, 7) is 4.11. The van der Waals surface area contributed by atoms with E-state index in [1.165, 1.54) is 19.4 Å². The van der Waals surface area contributed by atoms with Crippen molar-refractivity contribution in [2.45, 2.75) is 17.3 Å². The molecule has 0 unspecified atom stereocenters. The Balaban J connectivity index is 3.07. The first-order chi connectivity index (χ1) is 9.70. The smallest absolute Gasteiger partial charge is 0.354 e. The van der Waals surface area contributed by atoms with Gasteiger partial charge in [-0.3, -0.25) is 4.79 Å². The summed E-state index contributed by atoms with van der Waals surface area (Å²) in [5.74, 6) is -1.22. The van der Waals surface area contributed by atoms with Crippen molar-refractivity contribution in [3.63, 3.8) is 0 Å². The third-order valence-electron chi connectivity index (χ3n) is 3.07. The van der Waals surface area contributed by atoms with Gasteiger partial charge in [0, 0.05) is 24.8 Å². The minimum atomic E-state index is -2.06. The predicted molar refractivity (Wildman–Crippen MR) is 83.6 cm³/mol. The van der Waals surface area contributed by atoms with Crippen LogP contribution in [0.4, 0.5) is 0 Å². The fraction of sp³-hybridized carbons (Fsp3) is 0.538. The Bertz CT molecular complexity index is 523. The van der Waals surface area contributed by atoms with E-state index < -0.39 is 15.5 Å². The van der Waals surface area contributed by atoms with Gasteiger partial charge in [-0.15, -0.1) is 0 Å². The number of nitrogens with zero attached hydrogens (tertiary/aromatic N) is 2. The Kier molecular flexibility index (Phi) is 6.53. The van der Waals surface area contributed by atoms with Gasteiger partial charge in [0.15, 0.2) is 0 Å². The molecule has 1 rings (SSSR count). The fourth-order valence-electron chi connectivity index (χ4n) is 1.70. The summed E-state index contributed by atoms with van der Waals surface area (Å²) in [4.78, 5) is 25.8. The van der Waals surface area contributed by atoms with Crippen LogP contribution in [0.5, 0.6) is 0 Å². The topological polar surface area (TPSA) is 51.5 Å². The summed E-state index contributed by atoms with van der Waals surface area (Å²) in [7, 11) is 3.23. The number of esters is 1. The van der Waals surface area contributed by atoms with Crippen molar-refractivity contribution < 1.29 is 14.3 Å². The van der Waals surface area contributed by atoms with Crippen LogP contribution in [0, 0.1) is 0 Å². The monoisotopic (exact) mass is 354 g/mol. The lowest BCUT2D eigenvalue weighted by molar-refractivity contribution is 0.0587. The van der Waals surface area contributed by atoms with Gasteiger partial charge in [-0.1, -0.05) is 41.7 Å². The minimum absolute atomic E-state index is 0.162. The molecule has 21 heavy (non-hydrogen) atoms. The number of ether oxygens (including phenoxy) is 1. The zero-order valence-corrected chi connectivity index (χ0v) is 14.3. The van der Waals surface area contributed by atoms with Crippen LogP contribution < -0.4 is 0 Å². The second-order valence-electron chi connectivity index (χ2n) is 4.52. The molecular weight excluding hydrogens is 339 g/mol. The summed E-state index contributed by atoms with van der Waals surface area (Å²) < 4.78 is 4.28. The van der Waals surface area contributed by atoms with Crippen LogP contribution in [0.1, 0.15) is 27.8 Å². The molecule has 0 aliphatic rings. The van der Waals surface area contributed by atoms with Gasteiger partial charge >= 0.3 is 5.97 Å². The van der Waals surface area contributed by atoms with Crippen LogP contribution in [0.3, 0.4) is 0 Å². The molecule has 1 aromatic heterocycles. The van der Waals surface area contributed by atoms with Crippen LogP contribution in [0.2, 0.25) is 0 Å². The van der Waals surface area contributed by atoms with Crippen LogP contribution in [-0.2, 0) is 11.3 Å². The molecule has 0 N–H and O–H groups in total. The molecule has 0 aliphatic carbocycles. The maximum Gasteiger partial charge on any atom is 0.354 e. The molecule has 0 fully saturated rings. The van der Waals surface area contributed by atoms with Crippen molar-refractivity contribution in [1.82, 2.24) is 9.47 Å². The summed E-state index contributed by atoms with van der Waals surface area (Å²) >= 11 is 16.8. The molecule has 5 nitrogen and oxygen atoms in total. The van der Waals surface area contributed by atoms with E-state index in [4.69, 9.17) is 39.5 Å². The second kappa shape index (κ2) is 7.49. The summed E-state index contributed by atoms with van der Waals surface area (Å²) in [5.41, 5.74) is 0.411. The van der Waals surface area contributed by atoms with E-state index in [0.717, 1.165) is 6.54 Å². The largest absolute Gasteiger partial charge is 0.464 e. The van der Waals surface area contributed by atoms with Gasteiger partial charge < -0.3 is 14.2 Å². The first kappa shape index (κ1) is 18.3. The van der Waals surface area contributed by atoms with E-state index in [2.05, 4.69) is 4.90 Å². The van der Waals surface area contributed by atoms with Gasteiger partial charge in [0.05, 0.1) is 7.11 Å². The van der Waals surface area contributed by atoms with E-state index in [-0.39, 0.29) is 11.3 Å². The highest BCUT2D eigenvalue weighted by Crippen LogP contribution is 2.31. The molecule has 1 heterocycles. The van der Waals surface area contributed by atoms with Crippen LogP contribution in [0.15, 0.2) is 12.3 Å². The lowest BCUT2D eigenvalue weighted by Gasteiger charge is -2.15.